The Morgan fingerprint density at radius 2 is 1.96 bits per heavy atom. The molecule has 0 saturated heterocycles. The Bertz CT molecular complexity index is 530. The number of aromatic nitrogens is 2. The topological polar surface area (TPSA) is 119 Å². The quantitative estimate of drug-likeness (QED) is 0.454. The molecule has 1 atom stereocenters. The first-order valence-corrected chi connectivity index (χ1v) is 8.84. The third-order valence-electron chi connectivity index (χ3n) is 3.79. The fourth-order valence-corrected chi connectivity index (χ4v) is 2.42. The molecular formula is C17H29N5O3. The number of primary amides is 1. The highest BCUT2D eigenvalue weighted by Crippen LogP contribution is 2.05. The second-order valence-electron chi connectivity index (χ2n) is 6.05. The third-order valence-corrected chi connectivity index (χ3v) is 3.79. The summed E-state index contributed by atoms with van der Waals surface area (Å²) < 4.78 is 1.82. The summed E-state index contributed by atoms with van der Waals surface area (Å²) in [6, 6.07) is -0.927. The molecule has 0 aliphatic rings. The zero-order chi connectivity index (χ0) is 18.5. The Hall–Kier alpha value is -2.38. The van der Waals surface area contributed by atoms with E-state index in [0.717, 1.165) is 32.1 Å². The molecule has 0 saturated carbocycles. The minimum atomic E-state index is -0.927. The average molecular weight is 351 g/mol. The second kappa shape index (κ2) is 12.0. The first-order valence-electron chi connectivity index (χ1n) is 8.84. The van der Waals surface area contributed by atoms with Crippen LogP contribution in [0.5, 0.6) is 0 Å². The van der Waals surface area contributed by atoms with Gasteiger partial charge in [0.15, 0.2) is 0 Å². The summed E-state index contributed by atoms with van der Waals surface area (Å²) >= 11 is 0. The maximum Gasteiger partial charge on any atom is 0.243 e. The number of hydrogen-bond acceptors (Lipinski definition) is 4. The second-order valence-corrected chi connectivity index (χ2v) is 6.05. The van der Waals surface area contributed by atoms with Crippen LogP contribution < -0.4 is 16.4 Å². The highest BCUT2D eigenvalue weighted by molar-refractivity contribution is 5.91. The number of unbranched alkanes of at least 4 members (excludes halogenated alkanes) is 4. The lowest BCUT2D eigenvalue weighted by molar-refractivity contribution is -0.131. The highest BCUT2D eigenvalue weighted by atomic mass is 16.2. The van der Waals surface area contributed by atoms with Crippen molar-refractivity contribution in [2.75, 3.05) is 6.54 Å². The molecule has 0 unspecified atom stereocenters. The molecule has 8 heteroatoms. The Labute approximate surface area is 148 Å². The van der Waals surface area contributed by atoms with E-state index >= 15 is 0 Å². The molecule has 4 N–H and O–H groups in total. The summed E-state index contributed by atoms with van der Waals surface area (Å²) in [6.45, 7) is 3.06. The van der Waals surface area contributed by atoms with Crippen molar-refractivity contribution in [3.63, 3.8) is 0 Å². The fourth-order valence-electron chi connectivity index (χ4n) is 2.42. The number of amides is 3. The van der Waals surface area contributed by atoms with Crippen molar-refractivity contribution < 1.29 is 14.4 Å². The van der Waals surface area contributed by atoms with Crippen LogP contribution in [0.4, 0.5) is 0 Å². The van der Waals surface area contributed by atoms with Crippen LogP contribution in [0.15, 0.2) is 18.7 Å². The van der Waals surface area contributed by atoms with Crippen LogP contribution in [0.3, 0.4) is 0 Å². The van der Waals surface area contributed by atoms with Crippen LogP contribution in [-0.4, -0.2) is 39.9 Å². The van der Waals surface area contributed by atoms with Gasteiger partial charge in [0.2, 0.25) is 17.7 Å². The van der Waals surface area contributed by atoms with Crippen LogP contribution in [0, 0.1) is 0 Å². The molecule has 0 aliphatic carbocycles. The summed E-state index contributed by atoms with van der Waals surface area (Å²) in [5, 5.41) is 5.32. The van der Waals surface area contributed by atoms with Crippen molar-refractivity contribution in [2.24, 2.45) is 5.73 Å². The number of carbonyl (C=O) groups excluding carboxylic acids is 3. The van der Waals surface area contributed by atoms with Crippen molar-refractivity contribution in [1.82, 2.24) is 20.2 Å². The van der Waals surface area contributed by atoms with Crippen LogP contribution in [0.1, 0.15) is 51.9 Å². The summed E-state index contributed by atoms with van der Waals surface area (Å²) in [5.41, 5.74) is 5.19. The predicted octanol–water partition coefficient (Wildman–Crippen LogP) is 0.720. The summed E-state index contributed by atoms with van der Waals surface area (Å²) in [4.78, 5) is 39.3. The van der Waals surface area contributed by atoms with Gasteiger partial charge < -0.3 is 20.9 Å². The molecule has 140 valence electrons. The Morgan fingerprint density at radius 1 is 1.20 bits per heavy atom. The lowest BCUT2D eigenvalue weighted by Crippen LogP contribution is -2.49. The number of imidazole rings is 1. The van der Waals surface area contributed by atoms with Crippen LogP contribution in [0.2, 0.25) is 0 Å². The van der Waals surface area contributed by atoms with E-state index in [4.69, 9.17) is 5.73 Å². The van der Waals surface area contributed by atoms with Gasteiger partial charge >= 0.3 is 0 Å². The lowest BCUT2D eigenvalue weighted by Gasteiger charge is -2.17. The van der Waals surface area contributed by atoms with Crippen molar-refractivity contribution in [2.45, 2.75) is 64.5 Å². The van der Waals surface area contributed by atoms with Crippen LogP contribution >= 0.6 is 0 Å². The van der Waals surface area contributed by atoms with Crippen molar-refractivity contribution in [3.8, 4) is 0 Å². The van der Waals surface area contributed by atoms with Crippen LogP contribution in [-0.2, 0) is 20.9 Å². The molecule has 0 spiro atoms. The Balaban J connectivity index is 2.36. The summed E-state index contributed by atoms with van der Waals surface area (Å²) in [5.74, 6) is -1.26. The van der Waals surface area contributed by atoms with Crippen LogP contribution in [0.25, 0.3) is 0 Å². The normalized spacial score (nSPS) is 11.7. The first kappa shape index (κ1) is 20.7. The van der Waals surface area contributed by atoms with Gasteiger partial charge in [0, 0.05) is 31.9 Å². The maximum absolute atomic E-state index is 12.2. The van der Waals surface area contributed by atoms with Crippen molar-refractivity contribution in [1.29, 1.82) is 0 Å². The van der Waals surface area contributed by atoms with Gasteiger partial charge in [-0.25, -0.2) is 4.98 Å². The molecule has 25 heavy (non-hydrogen) atoms. The molecule has 8 nitrogen and oxygen atoms in total. The summed E-state index contributed by atoms with van der Waals surface area (Å²) in [7, 11) is 0. The molecule has 0 aromatic carbocycles. The van der Waals surface area contributed by atoms with Gasteiger partial charge in [-0.1, -0.05) is 32.6 Å². The molecule has 1 heterocycles. The fraction of sp³-hybridized carbons (Fsp3) is 0.647. The molecular weight excluding hydrogens is 322 g/mol. The molecule has 0 bridgehead atoms. The molecule has 3 amide bonds. The van der Waals surface area contributed by atoms with Gasteiger partial charge in [-0.05, 0) is 6.42 Å². The van der Waals surface area contributed by atoms with Gasteiger partial charge in [-0.3, -0.25) is 14.4 Å². The summed E-state index contributed by atoms with van der Waals surface area (Å²) in [6.07, 6.45) is 10.4. The minimum Gasteiger partial charge on any atom is -0.370 e. The van der Waals surface area contributed by atoms with E-state index in [1.165, 1.54) is 0 Å². The number of hydrogen-bond donors (Lipinski definition) is 3. The van der Waals surface area contributed by atoms with E-state index in [-0.39, 0.29) is 12.3 Å². The number of carbonyl (C=O) groups is 3. The number of nitrogens with zero attached hydrogens (tertiary/aromatic N) is 2. The van der Waals surface area contributed by atoms with Crippen molar-refractivity contribution >= 4 is 17.7 Å². The first-order chi connectivity index (χ1) is 12.0. The van der Waals surface area contributed by atoms with E-state index < -0.39 is 17.9 Å². The highest BCUT2D eigenvalue weighted by Gasteiger charge is 2.22. The number of nitrogens with one attached hydrogen (secondary N) is 2. The molecule has 0 radical (unpaired) electrons. The predicted molar refractivity (Wildman–Crippen MR) is 94.4 cm³/mol. The molecule has 1 aromatic rings. The Kier molecular flexibility index (Phi) is 9.96. The number of rotatable bonds is 13. The van der Waals surface area contributed by atoms with E-state index in [1.807, 2.05) is 4.57 Å². The van der Waals surface area contributed by atoms with Gasteiger partial charge in [0.25, 0.3) is 0 Å². The van der Waals surface area contributed by atoms with Gasteiger partial charge in [-0.2, -0.15) is 0 Å². The van der Waals surface area contributed by atoms with Gasteiger partial charge in [0.1, 0.15) is 6.04 Å². The molecule has 0 aliphatic heterocycles. The largest absolute Gasteiger partial charge is 0.370 e. The van der Waals surface area contributed by atoms with E-state index in [9.17, 15) is 14.4 Å². The molecule has 1 rings (SSSR count). The van der Waals surface area contributed by atoms with E-state index in [2.05, 4.69) is 22.5 Å². The zero-order valence-corrected chi connectivity index (χ0v) is 14.9. The van der Waals surface area contributed by atoms with Gasteiger partial charge in [0.05, 0.1) is 12.7 Å². The third kappa shape index (κ3) is 9.49. The monoisotopic (exact) mass is 351 g/mol. The molecule has 1 aromatic heterocycles. The van der Waals surface area contributed by atoms with Gasteiger partial charge in [-0.15, -0.1) is 0 Å². The Morgan fingerprint density at radius 3 is 2.60 bits per heavy atom. The SMILES string of the molecule is CCCCCCCC(=O)N[C@H](CC(N)=O)C(=O)NCCn1ccnc1. The smallest absolute Gasteiger partial charge is 0.243 e. The average Bonchev–Trinajstić information content (AvgIpc) is 3.07. The minimum absolute atomic E-state index is 0.210. The standard InChI is InChI=1S/C17H29N5O3/c1-2-3-4-5-6-7-16(24)21-14(12-15(18)23)17(25)20-9-11-22-10-8-19-13-22/h8,10,13-14H,2-7,9,11-12H2,1H3,(H2,18,23)(H,20,25)(H,21,24)/t14-/m1/s1. The van der Waals surface area contributed by atoms with Crippen molar-refractivity contribution in [3.05, 3.63) is 18.7 Å². The lowest BCUT2D eigenvalue weighted by atomic mass is 10.1. The van der Waals surface area contributed by atoms with E-state index in [1.54, 1.807) is 18.7 Å². The number of nitrogens with two attached hydrogens (primary N) is 1. The molecule has 0 fully saturated rings. The zero-order valence-electron chi connectivity index (χ0n) is 14.9. The maximum atomic E-state index is 12.2. The van der Waals surface area contributed by atoms with E-state index in [0.29, 0.717) is 19.5 Å².